The Kier molecular flexibility index (Phi) is 7.08. The molecule has 1 aliphatic rings. The maximum atomic E-state index is 11.6. The third kappa shape index (κ3) is 7.11. The zero-order valence-electron chi connectivity index (χ0n) is 12.6. The lowest BCUT2D eigenvalue weighted by molar-refractivity contribution is 0.414. The molecule has 1 aliphatic carbocycles. The Morgan fingerprint density at radius 3 is 2.68 bits per heavy atom. The number of hydrogen-bond acceptors (Lipinski definition) is 3. The predicted octanol–water partition coefficient (Wildman–Crippen LogP) is 2.78. The third-order valence-electron chi connectivity index (χ3n) is 3.72. The van der Waals surface area contributed by atoms with Crippen molar-refractivity contribution in [1.29, 1.82) is 0 Å². The Hall–Kier alpha value is -0.350. The maximum Gasteiger partial charge on any atom is 0.150 e. The quantitative estimate of drug-likeness (QED) is 0.578. The van der Waals surface area contributed by atoms with Crippen LogP contribution in [0.25, 0.3) is 0 Å². The fraction of sp³-hybridized carbons (Fsp3) is 0.867. The molecular formula is C15H29NO2S. The van der Waals surface area contributed by atoms with E-state index in [1.807, 2.05) is 0 Å². The molecule has 112 valence electrons. The minimum Gasteiger partial charge on any atom is -0.316 e. The lowest BCUT2D eigenvalue weighted by Gasteiger charge is -2.25. The molecule has 3 nitrogen and oxygen atoms in total. The van der Waals surface area contributed by atoms with E-state index in [9.17, 15) is 8.42 Å². The van der Waals surface area contributed by atoms with Gasteiger partial charge in [-0.15, -0.1) is 0 Å². The topological polar surface area (TPSA) is 46.2 Å². The first kappa shape index (κ1) is 16.7. The third-order valence-corrected chi connectivity index (χ3v) is 5.36. The largest absolute Gasteiger partial charge is 0.316 e. The summed E-state index contributed by atoms with van der Waals surface area (Å²) in [6, 6.07) is 0. The lowest BCUT2D eigenvalue weighted by Crippen LogP contribution is -2.26. The molecule has 0 radical (unpaired) electrons. The van der Waals surface area contributed by atoms with E-state index in [4.69, 9.17) is 0 Å². The second-order valence-electron chi connectivity index (χ2n) is 6.19. The smallest absolute Gasteiger partial charge is 0.150 e. The van der Waals surface area contributed by atoms with Crippen molar-refractivity contribution < 1.29 is 8.42 Å². The monoisotopic (exact) mass is 287 g/mol. The summed E-state index contributed by atoms with van der Waals surface area (Å²) in [6.45, 7) is 6.48. The Bertz CT molecular complexity index is 374. The van der Waals surface area contributed by atoms with Crippen LogP contribution in [0.2, 0.25) is 0 Å². The summed E-state index contributed by atoms with van der Waals surface area (Å²) >= 11 is 0. The number of nitrogens with one attached hydrogen (secondary N) is 1. The summed E-state index contributed by atoms with van der Waals surface area (Å²) in [6.07, 6.45) is 10.7. The van der Waals surface area contributed by atoms with Crippen LogP contribution in [-0.2, 0) is 9.84 Å². The second kappa shape index (κ2) is 8.05. The van der Waals surface area contributed by atoms with Crippen molar-refractivity contribution in [3.05, 3.63) is 12.2 Å². The first-order chi connectivity index (χ1) is 8.89. The number of rotatable bonds is 7. The summed E-state index contributed by atoms with van der Waals surface area (Å²) in [5.41, 5.74) is 0. The molecule has 0 spiro atoms. The Labute approximate surface area is 118 Å². The fourth-order valence-corrected chi connectivity index (χ4v) is 3.80. The Morgan fingerprint density at radius 1 is 1.32 bits per heavy atom. The van der Waals surface area contributed by atoms with Crippen LogP contribution in [-0.4, -0.2) is 33.0 Å². The summed E-state index contributed by atoms with van der Waals surface area (Å²) < 4.78 is 23.2. The van der Waals surface area contributed by atoms with Crippen molar-refractivity contribution in [1.82, 2.24) is 5.32 Å². The molecule has 0 aromatic rings. The van der Waals surface area contributed by atoms with Gasteiger partial charge in [-0.3, -0.25) is 0 Å². The van der Waals surface area contributed by atoms with E-state index in [0.29, 0.717) is 11.8 Å². The number of allylic oxidation sites excluding steroid dienone is 1. The van der Waals surface area contributed by atoms with Gasteiger partial charge in [-0.05, 0) is 50.6 Å². The van der Waals surface area contributed by atoms with E-state index in [1.165, 1.54) is 6.26 Å². The van der Waals surface area contributed by atoms with Crippen molar-refractivity contribution in [2.75, 3.05) is 19.3 Å². The van der Waals surface area contributed by atoms with Gasteiger partial charge in [0.25, 0.3) is 0 Å². The minimum absolute atomic E-state index is 0.116. The van der Waals surface area contributed by atoms with Gasteiger partial charge in [0.2, 0.25) is 0 Å². The van der Waals surface area contributed by atoms with Crippen molar-refractivity contribution in [3.63, 3.8) is 0 Å². The highest BCUT2D eigenvalue weighted by atomic mass is 32.2. The van der Waals surface area contributed by atoms with Gasteiger partial charge in [-0.25, -0.2) is 8.42 Å². The first-order valence-corrected chi connectivity index (χ1v) is 9.41. The average molecular weight is 287 g/mol. The van der Waals surface area contributed by atoms with Gasteiger partial charge in [-0.1, -0.05) is 32.4 Å². The first-order valence-electron chi connectivity index (χ1n) is 7.46. The SMILES string of the molecule is CC(C)CNCCC=CC1CCCC(S(C)(=O)=O)C1. The molecule has 1 N–H and O–H groups in total. The molecule has 0 heterocycles. The van der Waals surface area contributed by atoms with E-state index in [-0.39, 0.29) is 5.25 Å². The summed E-state index contributed by atoms with van der Waals surface area (Å²) in [5, 5.41) is 3.29. The standard InChI is InChI=1S/C15H29NO2S/c1-13(2)12-16-10-5-4-7-14-8-6-9-15(11-14)19(3,17)18/h4,7,13-16H,5-6,8-12H2,1-3H3. The zero-order chi connectivity index (χ0) is 14.3. The van der Waals surface area contributed by atoms with Gasteiger partial charge < -0.3 is 5.32 Å². The molecule has 0 saturated heterocycles. The molecule has 4 heteroatoms. The molecule has 0 bridgehead atoms. The predicted molar refractivity (Wildman–Crippen MR) is 82.1 cm³/mol. The normalized spacial score (nSPS) is 25.3. The van der Waals surface area contributed by atoms with E-state index in [1.54, 1.807) is 0 Å². The molecule has 0 aromatic heterocycles. The average Bonchev–Trinajstić information content (AvgIpc) is 2.32. The molecular weight excluding hydrogens is 258 g/mol. The molecule has 1 fully saturated rings. The minimum atomic E-state index is -2.85. The van der Waals surface area contributed by atoms with Crippen LogP contribution in [0.15, 0.2) is 12.2 Å². The summed E-state index contributed by atoms with van der Waals surface area (Å²) in [4.78, 5) is 0. The molecule has 0 aromatic carbocycles. The molecule has 2 atom stereocenters. The van der Waals surface area contributed by atoms with Gasteiger partial charge in [0.1, 0.15) is 9.84 Å². The lowest BCUT2D eigenvalue weighted by atomic mass is 9.88. The van der Waals surface area contributed by atoms with Crippen LogP contribution < -0.4 is 5.32 Å². The van der Waals surface area contributed by atoms with Crippen molar-refractivity contribution in [2.24, 2.45) is 11.8 Å². The zero-order valence-corrected chi connectivity index (χ0v) is 13.4. The van der Waals surface area contributed by atoms with Crippen LogP contribution >= 0.6 is 0 Å². The molecule has 0 aliphatic heterocycles. The second-order valence-corrected chi connectivity index (χ2v) is 8.52. The van der Waals surface area contributed by atoms with Crippen LogP contribution in [0.3, 0.4) is 0 Å². The highest BCUT2D eigenvalue weighted by Crippen LogP contribution is 2.29. The Morgan fingerprint density at radius 2 is 2.05 bits per heavy atom. The number of sulfone groups is 1. The van der Waals surface area contributed by atoms with Gasteiger partial charge >= 0.3 is 0 Å². The van der Waals surface area contributed by atoms with E-state index >= 15 is 0 Å². The van der Waals surface area contributed by atoms with E-state index in [0.717, 1.165) is 45.2 Å². The molecule has 2 unspecified atom stereocenters. The van der Waals surface area contributed by atoms with Gasteiger partial charge in [0.05, 0.1) is 5.25 Å². The fourth-order valence-electron chi connectivity index (χ4n) is 2.61. The van der Waals surface area contributed by atoms with Crippen LogP contribution in [0.4, 0.5) is 0 Å². The van der Waals surface area contributed by atoms with Gasteiger partial charge in [-0.2, -0.15) is 0 Å². The maximum absolute atomic E-state index is 11.6. The van der Waals surface area contributed by atoms with Crippen molar-refractivity contribution >= 4 is 9.84 Å². The van der Waals surface area contributed by atoms with E-state index in [2.05, 4.69) is 31.3 Å². The van der Waals surface area contributed by atoms with Crippen LogP contribution in [0.1, 0.15) is 46.0 Å². The molecule has 0 amide bonds. The van der Waals surface area contributed by atoms with Gasteiger partial charge in [0.15, 0.2) is 0 Å². The number of hydrogen-bond donors (Lipinski definition) is 1. The highest BCUT2D eigenvalue weighted by molar-refractivity contribution is 7.91. The van der Waals surface area contributed by atoms with Crippen molar-refractivity contribution in [2.45, 2.75) is 51.2 Å². The summed E-state index contributed by atoms with van der Waals surface area (Å²) in [7, 11) is -2.85. The van der Waals surface area contributed by atoms with Crippen LogP contribution in [0, 0.1) is 11.8 Å². The molecule has 1 saturated carbocycles. The Balaban J connectivity index is 2.25. The molecule has 1 rings (SSSR count). The van der Waals surface area contributed by atoms with Gasteiger partial charge in [0, 0.05) is 6.26 Å². The van der Waals surface area contributed by atoms with Crippen LogP contribution in [0.5, 0.6) is 0 Å². The summed E-state index contributed by atoms with van der Waals surface area (Å²) in [5.74, 6) is 1.15. The molecule has 19 heavy (non-hydrogen) atoms. The van der Waals surface area contributed by atoms with E-state index < -0.39 is 9.84 Å². The van der Waals surface area contributed by atoms with Crippen molar-refractivity contribution in [3.8, 4) is 0 Å². The highest BCUT2D eigenvalue weighted by Gasteiger charge is 2.27.